The summed E-state index contributed by atoms with van der Waals surface area (Å²) in [5, 5.41) is 3.70. The quantitative estimate of drug-likeness (QED) is 0.228. The molecule has 0 radical (unpaired) electrons. The van der Waals surface area contributed by atoms with E-state index in [1.165, 1.54) is 0 Å². The van der Waals surface area contributed by atoms with Crippen molar-refractivity contribution >= 4 is 39.3 Å². The van der Waals surface area contributed by atoms with Crippen LogP contribution in [-0.2, 0) is 22.6 Å². The Morgan fingerprint density at radius 2 is 1.68 bits per heavy atom. The molecule has 0 heterocycles. The van der Waals surface area contributed by atoms with E-state index in [4.69, 9.17) is 16.3 Å². The van der Waals surface area contributed by atoms with Gasteiger partial charge in [-0.05, 0) is 59.9 Å². The third kappa shape index (κ3) is 9.86. The van der Waals surface area contributed by atoms with E-state index < -0.39 is 6.04 Å². The van der Waals surface area contributed by atoms with Crippen LogP contribution in [-0.4, -0.2) is 35.9 Å². The van der Waals surface area contributed by atoms with E-state index in [0.717, 1.165) is 15.6 Å². The third-order valence-electron chi connectivity index (χ3n) is 5.81. The molecule has 196 valence electrons. The van der Waals surface area contributed by atoms with E-state index in [-0.39, 0.29) is 18.2 Å². The first-order valence-electron chi connectivity index (χ1n) is 12.6. The van der Waals surface area contributed by atoms with Gasteiger partial charge < -0.3 is 15.0 Å². The first-order chi connectivity index (χ1) is 17.8. The molecule has 2 amide bonds. The Hall–Kier alpha value is -2.83. The fraction of sp³-hybridized carbons (Fsp3) is 0.333. The average molecular weight is 586 g/mol. The van der Waals surface area contributed by atoms with Crippen molar-refractivity contribution in [1.29, 1.82) is 0 Å². The minimum atomic E-state index is -0.634. The zero-order valence-corrected chi connectivity index (χ0v) is 23.7. The van der Waals surface area contributed by atoms with Gasteiger partial charge in [-0.25, -0.2) is 0 Å². The zero-order chi connectivity index (χ0) is 26.6. The lowest BCUT2D eigenvalue weighted by molar-refractivity contribution is -0.141. The van der Waals surface area contributed by atoms with Gasteiger partial charge in [-0.3, -0.25) is 9.59 Å². The number of halogens is 2. The van der Waals surface area contributed by atoms with Crippen LogP contribution in [0.3, 0.4) is 0 Å². The number of nitrogens with one attached hydrogen (secondary N) is 1. The zero-order valence-electron chi connectivity index (χ0n) is 21.3. The maximum Gasteiger partial charge on any atom is 0.243 e. The van der Waals surface area contributed by atoms with Crippen LogP contribution in [0.5, 0.6) is 5.75 Å². The van der Waals surface area contributed by atoms with Crippen molar-refractivity contribution in [3.05, 3.63) is 99.5 Å². The number of nitrogens with zero attached hydrogens (tertiary/aromatic N) is 1. The summed E-state index contributed by atoms with van der Waals surface area (Å²) < 4.78 is 6.71. The molecule has 0 aliphatic carbocycles. The highest BCUT2D eigenvalue weighted by atomic mass is 79.9. The average Bonchev–Trinajstić information content (AvgIpc) is 2.88. The molecule has 5 nitrogen and oxygen atoms in total. The normalized spacial score (nSPS) is 11.7. The van der Waals surface area contributed by atoms with E-state index in [1.807, 2.05) is 54.6 Å². The molecule has 0 fully saturated rings. The molecule has 3 rings (SSSR count). The number of carbonyl (C=O) groups excluding carboxylic acids is 2. The minimum Gasteiger partial charge on any atom is -0.494 e. The van der Waals surface area contributed by atoms with Gasteiger partial charge in [-0.15, -0.1) is 0 Å². The van der Waals surface area contributed by atoms with Crippen LogP contribution in [0, 0.1) is 5.92 Å². The van der Waals surface area contributed by atoms with E-state index in [1.54, 1.807) is 29.2 Å². The number of ether oxygens (including phenoxy) is 1. The molecule has 0 saturated carbocycles. The monoisotopic (exact) mass is 584 g/mol. The molecule has 7 heteroatoms. The molecular formula is C30H34BrClN2O3. The van der Waals surface area contributed by atoms with Crippen LogP contribution in [0.15, 0.2) is 83.3 Å². The molecule has 0 saturated heterocycles. The lowest BCUT2D eigenvalue weighted by atomic mass is 10.0. The van der Waals surface area contributed by atoms with Crippen molar-refractivity contribution in [1.82, 2.24) is 10.2 Å². The predicted molar refractivity (Wildman–Crippen MR) is 153 cm³/mol. The number of carbonyl (C=O) groups is 2. The standard InChI is InChI=1S/C30H34BrClN2O3/c1-22(2)20-33-30(36)28(19-23-8-4-3-5-9-23)34(21-24-10-6-11-25(31)18-24)29(35)12-7-17-37-27-15-13-26(32)14-16-27/h3-6,8-11,13-16,18,22,28H,7,12,17,19-21H2,1-2H3,(H,33,36)/t28-/m1/s1. The Balaban J connectivity index is 1.78. The Bertz CT molecular complexity index is 1140. The topological polar surface area (TPSA) is 58.6 Å². The molecule has 3 aromatic rings. The molecule has 0 bridgehead atoms. The van der Waals surface area contributed by atoms with Crippen LogP contribution in [0.1, 0.15) is 37.8 Å². The Kier molecular flexibility index (Phi) is 11.5. The lowest BCUT2D eigenvalue weighted by Gasteiger charge is -2.32. The summed E-state index contributed by atoms with van der Waals surface area (Å²) >= 11 is 9.46. The van der Waals surface area contributed by atoms with Crippen LogP contribution in [0.2, 0.25) is 5.02 Å². The van der Waals surface area contributed by atoms with Gasteiger partial charge in [0.05, 0.1) is 6.61 Å². The highest BCUT2D eigenvalue weighted by Crippen LogP contribution is 2.20. The Morgan fingerprint density at radius 3 is 2.35 bits per heavy atom. The largest absolute Gasteiger partial charge is 0.494 e. The first kappa shape index (κ1) is 28.7. The Morgan fingerprint density at radius 1 is 0.973 bits per heavy atom. The molecule has 3 aromatic carbocycles. The van der Waals surface area contributed by atoms with Crippen LogP contribution >= 0.6 is 27.5 Å². The summed E-state index contributed by atoms with van der Waals surface area (Å²) in [4.78, 5) is 28.8. The van der Waals surface area contributed by atoms with Crippen LogP contribution < -0.4 is 10.1 Å². The summed E-state index contributed by atoms with van der Waals surface area (Å²) in [5.74, 6) is 0.789. The van der Waals surface area contributed by atoms with Gasteiger partial charge in [0.1, 0.15) is 11.8 Å². The van der Waals surface area contributed by atoms with Crippen LogP contribution in [0.25, 0.3) is 0 Å². The fourth-order valence-corrected chi connectivity index (χ4v) is 4.47. The van der Waals surface area contributed by atoms with Gasteiger partial charge in [0.2, 0.25) is 11.8 Å². The first-order valence-corrected chi connectivity index (χ1v) is 13.7. The minimum absolute atomic E-state index is 0.0830. The summed E-state index contributed by atoms with van der Waals surface area (Å²) in [5.41, 5.74) is 1.96. The second-order valence-electron chi connectivity index (χ2n) is 9.40. The molecule has 0 aliphatic rings. The van der Waals surface area contributed by atoms with E-state index in [2.05, 4.69) is 35.1 Å². The molecule has 1 atom stereocenters. The SMILES string of the molecule is CC(C)CNC(=O)[C@@H](Cc1ccccc1)N(Cc1cccc(Br)c1)C(=O)CCCOc1ccc(Cl)cc1. The smallest absolute Gasteiger partial charge is 0.243 e. The number of rotatable bonds is 13. The van der Waals surface area contributed by atoms with Gasteiger partial charge in [-0.2, -0.15) is 0 Å². The number of hydrogen-bond donors (Lipinski definition) is 1. The van der Waals surface area contributed by atoms with Gasteiger partial charge in [0, 0.05) is 35.4 Å². The maximum absolute atomic E-state index is 13.6. The van der Waals surface area contributed by atoms with Crippen molar-refractivity contribution in [2.45, 2.75) is 45.7 Å². The Labute approximate surface area is 233 Å². The summed E-state index contributed by atoms with van der Waals surface area (Å²) in [6, 6.07) is 24.2. The van der Waals surface area contributed by atoms with E-state index >= 15 is 0 Å². The molecule has 1 N–H and O–H groups in total. The molecular weight excluding hydrogens is 552 g/mol. The molecule has 37 heavy (non-hydrogen) atoms. The van der Waals surface area contributed by atoms with Crippen molar-refractivity contribution in [2.75, 3.05) is 13.2 Å². The summed E-state index contributed by atoms with van der Waals surface area (Å²) in [7, 11) is 0. The van der Waals surface area contributed by atoms with Gasteiger partial charge in [0.25, 0.3) is 0 Å². The maximum atomic E-state index is 13.6. The summed E-state index contributed by atoms with van der Waals surface area (Å²) in [6.07, 6.45) is 1.23. The van der Waals surface area contributed by atoms with E-state index in [9.17, 15) is 9.59 Å². The van der Waals surface area contributed by atoms with Crippen molar-refractivity contribution in [3.8, 4) is 5.75 Å². The van der Waals surface area contributed by atoms with Gasteiger partial charge in [-0.1, -0.05) is 83.8 Å². The third-order valence-corrected chi connectivity index (χ3v) is 6.56. The number of benzene rings is 3. The highest BCUT2D eigenvalue weighted by Gasteiger charge is 2.30. The van der Waals surface area contributed by atoms with Gasteiger partial charge >= 0.3 is 0 Å². The predicted octanol–water partition coefficient (Wildman–Crippen LogP) is 6.67. The van der Waals surface area contributed by atoms with Crippen molar-refractivity contribution in [3.63, 3.8) is 0 Å². The van der Waals surface area contributed by atoms with Crippen molar-refractivity contribution in [2.24, 2.45) is 5.92 Å². The van der Waals surface area contributed by atoms with Gasteiger partial charge in [0.15, 0.2) is 0 Å². The summed E-state index contributed by atoms with van der Waals surface area (Å²) in [6.45, 7) is 5.39. The number of hydrogen-bond acceptors (Lipinski definition) is 3. The highest BCUT2D eigenvalue weighted by molar-refractivity contribution is 9.10. The molecule has 0 unspecified atom stereocenters. The second-order valence-corrected chi connectivity index (χ2v) is 10.8. The molecule has 0 aliphatic heterocycles. The number of amides is 2. The molecule has 0 aromatic heterocycles. The fourth-order valence-electron chi connectivity index (χ4n) is 3.90. The second kappa shape index (κ2) is 14.8. The van der Waals surface area contributed by atoms with E-state index in [0.29, 0.717) is 49.2 Å². The molecule has 0 spiro atoms. The van der Waals surface area contributed by atoms with Crippen LogP contribution in [0.4, 0.5) is 0 Å². The lowest BCUT2D eigenvalue weighted by Crippen LogP contribution is -2.51. The van der Waals surface area contributed by atoms with Crippen molar-refractivity contribution < 1.29 is 14.3 Å².